The average molecular weight is 347 g/mol. The second-order valence-electron chi connectivity index (χ2n) is 4.25. The Morgan fingerprint density at radius 1 is 0.600 bits per heavy atom. The molecule has 0 aliphatic heterocycles. The van der Waals surface area contributed by atoms with Gasteiger partial charge in [0.05, 0.1) is 0 Å². The van der Waals surface area contributed by atoms with Gasteiger partial charge in [0.15, 0.2) is 11.6 Å². The molecule has 0 N–H and O–H groups in total. The number of rotatable bonds is 2. The fraction of sp³-hybridized carbons (Fsp3) is 0.364. The molecule has 0 unspecified atom stereocenters. The first-order valence-electron chi connectivity index (χ1n) is 8.55. The summed E-state index contributed by atoms with van der Waals surface area (Å²) in [6.45, 7) is 11.1. The Bertz CT molecular complexity index is 470. The Morgan fingerprint density at radius 3 is 0.920 bits per heavy atom. The molecular formula is C22H34O3. The zero-order valence-electron chi connectivity index (χ0n) is 17.0. The van der Waals surface area contributed by atoms with Crippen LogP contribution in [-0.4, -0.2) is 25.8 Å². The molecular weight excluding hydrogens is 312 g/mol. The van der Waals surface area contributed by atoms with Crippen molar-refractivity contribution in [1.29, 1.82) is 0 Å². The highest BCUT2D eigenvalue weighted by molar-refractivity contribution is 5.94. The first-order valence-corrected chi connectivity index (χ1v) is 8.55. The van der Waals surface area contributed by atoms with E-state index in [-0.39, 0.29) is 11.6 Å². The Balaban J connectivity index is -0.000000287. The molecule has 0 spiro atoms. The molecule has 2 aromatic rings. The van der Waals surface area contributed by atoms with Crippen LogP contribution >= 0.6 is 0 Å². The van der Waals surface area contributed by atoms with E-state index in [4.69, 9.17) is 0 Å². The number of carbonyl (C=O) groups is 2. The summed E-state index contributed by atoms with van der Waals surface area (Å²) in [4.78, 5) is 21.3. The maximum atomic E-state index is 10.6. The molecule has 140 valence electrons. The van der Waals surface area contributed by atoms with Crippen LogP contribution < -0.4 is 0 Å². The van der Waals surface area contributed by atoms with Gasteiger partial charge < -0.3 is 4.74 Å². The van der Waals surface area contributed by atoms with Crippen molar-refractivity contribution in [2.24, 2.45) is 0 Å². The van der Waals surface area contributed by atoms with Gasteiger partial charge in [-0.05, 0) is 13.8 Å². The largest absolute Gasteiger partial charge is 0.388 e. The SMILES string of the molecule is CC.CC.CC(=O)c1ccccc1.CC(=O)c1ccccc1.COC. The molecule has 0 amide bonds. The lowest BCUT2D eigenvalue weighted by Crippen LogP contribution is -1.88. The standard InChI is InChI=1S/2C8H8O.C2H6O.2C2H6/c2*1-7(9)8-5-3-2-4-6-8;1-3-2;2*1-2/h2*2-6H,1H3;1-2H3;2*1-2H3. The third kappa shape index (κ3) is 17.9. The highest BCUT2D eigenvalue weighted by Gasteiger charge is 1.93. The van der Waals surface area contributed by atoms with Gasteiger partial charge in [-0.25, -0.2) is 0 Å². The summed E-state index contributed by atoms with van der Waals surface area (Å²) >= 11 is 0. The van der Waals surface area contributed by atoms with Crippen molar-refractivity contribution in [2.75, 3.05) is 14.2 Å². The van der Waals surface area contributed by atoms with Gasteiger partial charge >= 0.3 is 0 Å². The molecule has 0 radical (unpaired) electrons. The summed E-state index contributed by atoms with van der Waals surface area (Å²) in [5.41, 5.74) is 1.55. The van der Waals surface area contributed by atoms with Gasteiger partial charge in [0.2, 0.25) is 0 Å². The molecule has 3 heteroatoms. The van der Waals surface area contributed by atoms with Crippen molar-refractivity contribution >= 4 is 11.6 Å². The Kier molecular flexibility index (Phi) is 24.0. The molecule has 0 saturated heterocycles. The second-order valence-corrected chi connectivity index (χ2v) is 4.25. The summed E-state index contributed by atoms with van der Waals surface area (Å²) in [5, 5.41) is 0. The highest BCUT2D eigenvalue weighted by Crippen LogP contribution is 1.98. The van der Waals surface area contributed by atoms with E-state index in [0.717, 1.165) is 11.1 Å². The van der Waals surface area contributed by atoms with Gasteiger partial charge in [-0.2, -0.15) is 0 Å². The van der Waals surface area contributed by atoms with Crippen molar-refractivity contribution < 1.29 is 14.3 Å². The molecule has 0 aliphatic rings. The van der Waals surface area contributed by atoms with E-state index in [1.54, 1.807) is 28.1 Å². The molecule has 0 fully saturated rings. The molecule has 0 aromatic heterocycles. The third-order valence-electron chi connectivity index (χ3n) is 2.36. The fourth-order valence-electron chi connectivity index (χ4n) is 1.35. The molecule has 3 nitrogen and oxygen atoms in total. The van der Waals surface area contributed by atoms with E-state index in [1.807, 2.05) is 88.4 Å². The lowest BCUT2D eigenvalue weighted by Gasteiger charge is -1.89. The van der Waals surface area contributed by atoms with E-state index in [0.29, 0.717) is 0 Å². The van der Waals surface area contributed by atoms with Crippen LogP contribution in [0.25, 0.3) is 0 Å². The maximum Gasteiger partial charge on any atom is 0.159 e. The number of carbonyl (C=O) groups excluding carboxylic acids is 2. The number of Topliss-reactive ketones (excluding diaryl/α,β-unsaturated/α-hetero) is 2. The van der Waals surface area contributed by atoms with Crippen molar-refractivity contribution in [3.05, 3.63) is 71.8 Å². The Morgan fingerprint density at radius 2 is 0.800 bits per heavy atom. The zero-order chi connectivity index (χ0) is 20.1. The topological polar surface area (TPSA) is 43.4 Å². The van der Waals surface area contributed by atoms with E-state index in [2.05, 4.69) is 4.74 Å². The van der Waals surface area contributed by atoms with E-state index >= 15 is 0 Å². The van der Waals surface area contributed by atoms with Gasteiger partial charge in [-0.3, -0.25) is 9.59 Å². The maximum absolute atomic E-state index is 10.6. The minimum atomic E-state index is 0.121. The summed E-state index contributed by atoms with van der Waals surface area (Å²) < 4.78 is 4.25. The lowest BCUT2D eigenvalue weighted by molar-refractivity contribution is 0.100. The molecule has 2 aromatic carbocycles. The van der Waals surface area contributed by atoms with Crippen LogP contribution in [0.5, 0.6) is 0 Å². The molecule has 25 heavy (non-hydrogen) atoms. The Labute approximate surface area is 154 Å². The van der Waals surface area contributed by atoms with Crippen molar-refractivity contribution in [3.8, 4) is 0 Å². The summed E-state index contributed by atoms with van der Waals surface area (Å²) in [7, 11) is 3.25. The van der Waals surface area contributed by atoms with Gasteiger partial charge in [-0.15, -0.1) is 0 Å². The van der Waals surface area contributed by atoms with E-state index < -0.39 is 0 Å². The van der Waals surface area contributed by atoms with Crippen LogP contribution in [0.2, 0.25) is 0 Å². The molecule has 2 rings (SSSR count). The number of methoxy groups -OCH3 is 1. The third-order valence-corrected chi connectivity index (χ3v) is 2.36. The fourth-order valence-corrected chi connectivity index (χ4v) is 1.35. The van der Waals surface area contributed by atoms with Gasteiger partial charge in [0, 0.05) is 25.3 Å². The summed E-state index contributed by atoms with van der Waals surface area (Å²) in [6, 6.07) is 18.5. The first-order chi connectivity index (χ1) is 12.0. The molecule has 0 saturated carbocycles. The number of ketones is 2. The molecule has 0 atom stereocenters. The van der Waals surface area contributed by atoms with Crippen LogP contribution in [0.4, 0.5) is 0 Å². The molecule has 0 bridgehead atoms. The van der Waals surface area contributed by atoms with Crippen LogP contribution in [0, 0.1) is 0 Å². The number of ether oxygens (including phenoxy) is 1. The quantitative estimate of drug-likeness (QED) is 0.618. The van der Waals surface area contributed by atoms with Gasteiger partial charge in [0.25, 0.3) is 0 Å². The highest BCUT2D eigenvalue weighted by atomic mass is 16.4. The van der Waals surface area contributed by atoms with Crippen molar-refractivity contribution in [2.45, 2.75) is 41.5 Å². The van der Waals surface area contributed by atoms with E-state index in [9.17, 15) is 9.59 Å². The zero-order valence-corrected chi connectivity index (χ0v) is 17.0. The van der Waals surface area contributed by atoms with Crippen LogP contribution in [-0.2, 0) is 4.74 Å². The predicted molar refractivity (Wildman–Crippen MR) is 109 cm³/mol. The summed E-state index contributed by atoms with van der Waals surface area (Å²) in [5.74, 6) is 0.242. The van der Waals surface area contributed by atoms with Crippen molar-refractivity contribution in [3.63, 3.8) is 0 Å². The number of benzene rings is 2. The average Bonchev–Trinajstić information content (AvgIpc) is 2.67. The second kappa shape index (κ2) is 21.7. The number of hydrogen-bond donors (Lipinski definition) is 0. The normalized spacial score (nSPS) is 7.68. The molecule has 0 heterocycles. The summed E-state index contributed by atoms with van der Waals surface area (Å²) in [6.07, 6.45) is 0. The van der Waals surface area contributed by atoms with Gasteiger partial charge in [-0.1, -0.05) is 88.4 Å². The monoisotopic (exact) mass is 346 g/mol. The first kappa shape index (κ1) is 27.6. The van der Waals surface area contributed by atoms with E-state index in [1.165, 1.54) is 0 Å². The molecule has 0 aliphatic carbocycles. The van der Waals surface area contributed by atoms with Crippen LogP contribution in [0.15, 0.2) is 60.7 Å². The predicted octanol–water partition coefficient (Wildman–Crippen LogP) is 6.09. The van der Waals surface area contributed by atoms with Gasteiger partial charge in [0.1, 0.15) is 0 Å². The van der Waals surface area contributed by atoms with Crippen LogP contribution in [0.3, 0.4) is 0 Å². The Hall–Kier alpha value is -2.26. The minimum absolute atomic E-state index is 0.121. The lowest BCUT2D eigenvalue weighted by atomic mass is 10.2. The minimum Gasteiger partial charge on any atom is -0.388 e. The van der Waals surface area contributed by atoms with Crippen LogP contribution in [0.1, 0.15) is 62.3 Å². The smallest absolute Gasteiger partial charge is 0.159 e. The number of hydrogen-bond acceptors (Lipinski definition) is 3. The van der Waals surface area contributed by atoms with Crippen molar-refractivity contribution in [1.82, 2.24) is 0 Å².